The van der Waals surface area contributed by atoms with E-state index in [4.69, 9.17) is 0 Å². The van der Waals surface area contributed by atoms with Gasteiger partial charge in [0, 0.05) is 24.5 Å². The maximum atomic E-state index is 12.1. The van der Waals surface area contributed by atoms with E-state index in [1.807, 2.05) is 20.8 Å². The minimum Gasteiger partial charge on any atom is -0.352 e. The zero-order valence-electron chi connectivity index (χ0n) is 12.9. The summed E-state index contributed by atoms with van der Waals surface area (Å²) >= 11 is 0. The highest BCUT2D eigenvalue weighted by Crippen LogP contribution is 2.24. The van der Waals surface area contributed by atoms with Gasteiger partial charge in [-0.1, -0.05) is 41.5 Å². The highest BCUT2D eigenvalue weighted by molar-refractivity contribution is 5.81. The van der Waals surface area contributed by atoms with Gasteiger partial charge in [-0.15, -0.1) is 0 Å². The monoisotopic (exact) mass is 254 g/mol. The van der Waals surface area contributed by atoms with Crippen molar-refractivity contribution < 1.29 is 4.79 Å². The van der Waals surface area contributed by atoms with Gasteiger partial charge in [0.05, 0.1) is 0 Å². The first-order chi connectivity index (χ1) is 8.24. The number of piperidine rings is 1. The van der Waals surface area contributed by atoms with Crippen LogP contribution in [0, 0.1) is 17.3 Å². The third-order valence-electron chi connectivity index (χ3n) is 3.96. The fraction of sp³-hybridized carbons (Fsp3) is 0.933. The van der Waals surface area contributed by atoms with Crippen LogP contribution in [0.3, 0.4) is 0 Å². The molecule has 18 heavy (non-hydrogen) atoms. The second kappa shape index (κ2) is 6.05. The molecule has 0 bridgehead atoms. The fourth-order valence-corrected chi connectivity index (χ4v) is 2.48. The van der Waals surface area contributed by atoms with Gasteiger partial charge >= 0.3 is 0 Å². The van der Waals surface area contributed by atoms with E-state index in [0.29, 0.717) is 17.9 Å². The van der Waals surface area contributed by atoms with Crippen LogP contribution in [0.2, 0.25) is 0 Å². The van der Waals surface area contributed by atoms with E-state index >= 15 is 0 Å². The Morgan fingerprint density at radius 1 is 1.33 bits per heavy atom. The summed E-state index contributed by atoms with van der Waals surface area (Å²) in [5.41, 5.74) is -0.290. The smallest absolute Gasteiger partial charge is 0.225 e. The zero-order valence-corrected chi connectivity index (χ0v) is 12.9. The van der Waals surface area contributed by atoms with Crippen molar-refractivity contribution in [3.8, 4) is 0 Å². The summed E-state index contributed by atoms with van der Waals surface area (Å²) in [6.07, 6.45) is 1.12. The number of rotatable bonds is 3. The van der Waals surface area contributed by atoms with Crippen LogP contribution in [0.1, 0.15) is 48.0 Å². The molecule has 3 heteroatoms. The number of likely N-dealkylation sites (N-methyl/N-ethyl adjacent to an activating group) is 1. The number of carbonyl (C=O) groups is 1. The Bertz CT molecular complexity index is 281. The van der Waals surface area contributed by atoms with Crippen LogP contribution in [-0.4, -0.2) is 36.5 Å². The highest BCUT2D eigenvalue weighted by Gasteiger charge is 2.31. The zero-order chi connectivity index (χ0) is 13.9. The molecular formula is C15H30N2O. The summed E-state index contributed by atoms with van der Waals surface area (Å²) in [6, 6.07) is 0.317. The van der Waals surface area contributed by atoms with Gasteiger partial charge in [-0.25, -0.2) is 0 Å². The third kappa shape index (κ3) is 4.27. The molecule has 0 aromatic rings. The van der Waals surface area contributed by atoms with Crippen LogP contribution in [-0.2, 0) is 4.79 Å². The number of amides is 1. The van der Waals surface area contributed by atoms with Crippen molar-refractivity contribution in [1.29, 1.82) is 0 Å². The molecule has 0 saturated carbocycles. The van der Waals surface area contributed by atoms with E-state index in [1.165, 1.54) is 6.54 Å². The lowest BCUT2D eigenvalue weighted by atomic mass is 9.85. The summed E-state index contributed by atoms with van der Waals surface area (Å²) in [7, 11) is 0. The van der Waals surface area contributed by atoms with E-state index in [9.17, 15) is 4.79 Å². The van der Waals surface area contributed by atoms with E-state index in [0.717, 1.165) is 19.5 Å². The molecule has 1 aliphatic heterocycles. The Balaban J connectivity index is 2.62. The number of hydrogen-bond donors (Lipinski definition) is 1. The molecule has 0 radical (unpaired) electrons. The average molecular weight is 254 g/mol. The summed E-state index contributed by atoms with van der Waals surface area (Å²) < 4.78 is 0. The quantitative estimate of drug-likeness (QED) is 0.839. The largest absolute Gasteiger partial charge is 0.352 e. The van der Waals surface area contributed by atoms with Gasteiger partial charge in [0.2, 0.25) is 5.91 Å². The topological polar surface area (TPSA) is 32.3 Å². The molecule has 1 rings (SSSR count). The van der Waals surface area contributed by atoms with Gasteiger partial charge in [-0.2, -0.15) is 0 Å². The SMILES string of the molecule is CCN1CC(NC(=O)C(C)(C)C)CC(C(C)C)C1. The molecule has 0 aliphatic carbocycles. The average Bonchev–Trinajstić information content (AvgIpc) is 2.27. The normalized spacial score (nSPS) is 26.4. The summed E-state index contributed by atoms with van der Waals surface area (Å²) in [5, 5.41) is 3.23. The van der Waals surface area contributed by atoms with E-state index in [-0.39, 0.29) is 11.3 Å². The van der Waals surface area contributed by atoms with Gasteiger partial charge in [-0.05, 0) is 24.8 Å². The number of carbonyl (C=O) groups excluding carboxylic acids is 1. The van der Waals surface area contributed by atoms with Gasteiger partial charge in [0.15, 0.2) is 0 Å². The highest BCUT2D eigenvalue weighted by atomic mass is 16.2. The minimum atomic E-state index is -0.290. The first-order valence-corrected chi connectivity index (χ1v) is 7.27. The van der Waals surface area contributed by atoms with Crippen LogP contribution >= 0.6 is 0 Å². The molecule has 1 N–H and O–H groups in total. The Morgan fingerprint density at radius 3 is 2.39 bits per heavy atom. The second-order valence-electron chi connectivity index (χ2n) is 7.01. The Labute approximate surface area is 112 Å². The molecule has 0 aromatic heterocycles. The maximum Gasteiger partial charge on any atom is 0.225 e. The van der Waals surface area contributed by atoms with Gasteiger partial charge in [0.25, 0.3) is 0 Å². The Hall–Kier alpha value is -0.570. The van der Waals surface area contributed by atoms with Crippen molar-refractivity contribution in [3.05, 3.63) is 0 Å². The summed E-state index contributed by atoms with van der Waals surface area (Å²) in [5.74, 6) is 1.56. The second-order valence-corrected chi connectivity index (χ2v) is 7.01. The Morgan fingerprint density at radius 2 is 1.94 bits per heavy atom. The Kier molecular flexibility index (Phi) is 5.20. The first-order valence-electron chi connectivity index (χ1n) is 7.27. The van der Waals surface area contributed by atoms with Crippen molar-refractivity contribution in [2.75, 3.05) is 19.6 Å². The van der Waals surface area contributed by atoms with E-state index in [1.54, 1.807) is 0 Å². The fourth-order valence-electron chi connectivity index (χ4n) is 2.48. The van der Waals surface area contributed by atoms with Crippen LogP contribution < -0.4 is 5.32 Å². The van der Waals surface area contributed by atoms with Crippen LogP contribution in [0.25, 0.3) is 0 Å². The maximum absolute atomic E-state index is 12.1. The predicted molar refractivity (Wildman–Crippen MR) is 76.4 cm³/mol. The lowest BCUT2D eigenvalue weighted by Gasteiger charge is -2.40. The first kappa shape index (κ1) is 15.5. The molecule has 2 unspecified atom stereocenters. The van der Waals surface area contributed by atoms with Crippen molar-refractivity contribution in [3.63, 3.8) is 0 Å². The van der Waals surface area contributed by atoms with Crippen molar-refractivity contribution in [1.82, 2.24) is 10.2 Å². The summed E-state index contributed by atoms with van der Waals surface area (Å²) in [6.45, 7) is 15.9. The van der Waals surface area contributed by atoms with Crippen LogP contribution in [0.4, 0.5) is 0 Å². The number of likely N-dealkylation sites (tertiary alicyclic amines) is 1. The molecule has 2 atom stereocenters. The van der Waals surface area contributed by atoms with E-state index < -0.39 is 0 Å². The van der Waals surface area contributed by atoms with Gasteiger partial charge in [-0.3, -0.25) is 4.79 Å². The molecule has 1 amide bonds. The van der Waals surface area contributed by atoms with Gasteiger partial charge < -0.3 is 10.2 Å². The number of hydrogen-bond acceptors (Lipinski definition) is 2. The predicted octanol–water partition coefficient (Wildman–Crippen LogP) is 2.52. The molecule has 106 valence electrons. The third-order valence-corrected chi connectivity index (χ3v) is 3.96. The van der Waals surface area contributed by atoms with E-state index in [2.05, 4.69) is 31.0 Å². The number of nitrogens with one attached hydrogen (secondary N) is 1. The molecule has 1 aliphatic rings. The molecule has 0 aromatic carbocycles. The summed E-state index contributed by atoms with van der Waals surface area (Å²) in [4.78, 5) is 14.5. The van der Waals surface area contributed by atoms with Crippen LogP contribution in [0.5, 0.6) is 0 Å². The molecule has 1 saturated heterocycles. The van der Waals surface area contributed by atoms with Crippen molar-refractivity contribution >= 4 is 5.91 Å². The molecular weight excluding hydrogens is 224 g/mol. The molecule has 1 heterocycles. The minimum absolute atomic E-state index is 0.174. The molecule has 1 fully saturated rings. The van der Waals surface area contributed by atoms with Crippen molar-refractivity contribution in [2.24, 2.45) is 17.3 Å². The lowest BCUT2D eigenvalue weighted by Crippen LogP contribution is -2.53. The number of nitrogens with zero attached hydrogens (tertiary/aromatic N) is 1. The van der Waals surface area contributed by atoms with Crippen LogP contribution in [0.15, 0.2) is 0 Å². The molecule has 3 nitrogen and oxygen atoms in total. The molecule has 0 spiro atoms. The van der Waals surface area contributed by atoms with Crippen molar-refractivity contribution in [2.45, 2.75) is 54.0 Å². The standard InChI is InChI=1S/C15H30N2O/c1-7-17-9-12(11(2)3)8-13(10-17)16-14(18)15(4,5)6/h11-13H,7-10H2,1-6H3,(H,16,18). The van der Waals surface area contributed by atoms with Gasteiger partial charge in [0.1, 0.15) is 0 Å². The lowest BCUT2D eigenvalue weighted by molar-refractivity contribution is -0.129.